The van der Waals surface area contributed by atoms with Crippen LogP contribution in [0.3, 0.4) is 0 Å². The highest BCUT2D eigenvalue weighted by molar-refractivity contribution is 7.90. The first-order valence-corrected chi connectivity index (χ1v) is 7.57. The van der Waals surface area contributed by atoms with E-state index >= 15 is 0 Å². The van der Waals surface area contributed by atoms with E-state index in [-0.39, 0.29) is 12.3 Å². The lowest BCUT2D eigenvalue weighted by Gasteiger charge is -2.30. The van der Waals surface area contributed by atoms with E-state index < -0.39 is 10.2 Å². The molecule has 1 heterocycles. The molecular formula is C12H18N2O4S. The van der Waals surface area contributed by atoms with Crippen LogP contribution >= 0.6 is 0 Å². The molecule has 1 aromatic rings. The van der Waals surface area contributed by atoms with Crippen LogP contribution in [0.1, 0.15) is 12.0 Å². The number of methoxy groups -OCH3 is 1. The molecular weight excluding hydrogens is 268 g/mol. The van der Waals surface area contributed by atoms with Gasteiger partial charge in [-0.05, 0) is 24.5 Å². The molecule has 0 unspecified atom stereocenters. The van der Waals surface area contributed by atoms with Crippen LogP contribution in [0.5, 0.6) is 5.75 Å². The Kier molecular flexibility index (Phi) is 4.28. The molecule has 0 amide bonds. The number of hydrogen-bond acceptors (Lipinski definition) is 4. The van der Waals surface area contributed by atoms with Crippen LogP contribution in [0.15, 0.2) is 18.2 Å². The molecule has 0 bridgehead atoms. The molecule has 2 N–H and O–H groups in total. The second-order valence-corrected chi connectivity index (χ2v) is 6.03. The van der Waals surface area contributed by atoms with Gasteiger partial charge in [0.05, 0.1) is 12.3 Å². The number of rotatable bonds is 5. The monoisotopic (exact) mass is 286 g/mol. The number of aryl methyl sites for hydroxylation is 1. The average Bonchev–Trinajstić information content (AvgIpc) is 2.38. The molecule has 106 valence electrons. The second kappa shape index (κ2) is 5.77. The summed E-state index contributed by atoms with van der Waals surface area (Å²) in [7, 11) is -2.14. The lowest BCUT2D eigenvalue weighted by Crippen LogP contribution is -2.44. The molecule has 0 saturated carbocycles. The van der Waals surface area contributed by atoms with Gasteiger partial charge in [-0.25, -0.2) is 0 Å². The lowest BCUT2D eigenvalue weighted by molar-refractivity contribution is 0.204. The smallest absolute Gasteiger partial charge is 0.301 e. The minimum absolute atomic E-state index is 0.00526. The normalized spacial score (nSPS) is 15.3. The van der Waals surface area contributed by atoms with Crippen molar-refractivity contribution in [1.82, 2.24) is 4.72 Å². The van der Waals surface area contributed by atoms with Crippen molar-refractivity contribution in [2.75, 3.05) is 31.1 Å². The van der Waals surface area contributed by atoms with Crippen molar-refractivity contribution in [2.45, 2.75) is 12.8 Å². The summed E-state index contributed by atoms with van der Waals surface area (Å²) in [5.74, 6) is -0.00526. The first kappa shape index (κ1) is 14.1. The molecule has 0 fully saturated rings. The summed E-state index contributed by atoms with van der Waals surface area (Å²) in [4.78, 5) is 0. The van der Waals surface area contributed by atoms with E-state index in [1.54, 1.807) is 6.07 Å². The van der Waals surface area contributed by atoms with Crippen molar-refractivity contribution in [1.29, 1.82) is 0 Å². The summed E-state index contributed by atoms with van der Waals surface area (Å²) in [5.41, 5.74) is 1.24. The number of nitrogens with zero attached hydrogens (tertiary/aromatic N) is 1. The fourth-order valence-corrected chi connectivity index (χ4v) is 3.50. The number of phenolic OH excluding ortho intramolecular Hbond substituents is 1. The maximum absolute atomic E-state index is 12.2. The van der Waals surface area contributed by atoms with E-state index in [1.807, 2.05) is 6.07 Å². The largest absolute Gasteiger partial charge is 0.506 e. The third-order valence-corrected chi connectivity index (χ3v) is 4.55. The van der Waals surface area contributed by atoms with Gasteiger partial charge in [0.25, 0.3) is 0 Å². The molecule has 6 nitrogen and oxygen atoms in total. The van der Waals surface area contributed by atoms with Crippen LogP contribution in [0.2, 0.25) is 0 Å². The van der Waals surface area contributed by atoms with Crippen molar-refractivity contribution >= 4 is 15.9 Å². The Balaban J connectivity index is 2.28. The quantitative estimate of drug-likeness (QED) is 0.778. The van der Waals surface area contributed by atoms with Gasteiger partial charge in [-0.2, -0.15) is 13.1 Å². The van der Waals surface area contributed by atoms with Gasteiger partial charge in [-0.3, -0.25) is 4.31 Å². The Labute approximate surface area is 113 Å². The van der Waals surface area contributed by atoms with Gasteiger partial charge in [-0.1, -0.05) is 12.1 Å². The third-order valence-electron chi connectivity index (χ3n) is 3.04. The van der Waals surface area contributed by atoms with Gasteiger partial charge in [0.2, 0.25) is 0 Å². The minimum Gasteiger partial charge on any atom is -0.506 e. The third kappa shape index (κ3) is 2.99. The number of phenols is 1. The lowest BCUT2D eigenvalue weighted by atomic mass is 10.0. The predicted octanol–water partition coefficient (Wildman–Crippen LogP) is 0.626. The van der Waals surface area contributed by atoms with Crippen LogP contribution in [0.25, 0.3) is 0 Å². The van der Waals surface area contributed by atoms with E-state index in [1.165, 1.54) is 17.5 Å². The highest BCUT2D eigenvalue weighted by Gasteiger charge is 2.29. The number of para-hydroxylation sites is 1. The van der Waals surface area contributed by atoms with Crippen LogP contribution in [0, 0.1) is 0 Å². The molecule has 0 saturated heterocycles. The second-order valence-electron chi connectivity index (χ2n) is 4.35. The number of nitrogens with one attached hydrogen (secondary N) is 1. The summed E-state index contributed by atoms with van der Waals surface area (Å²) in [5, 5.41) is 9.90. The van der Waals surface area contributed by atoms with Gasteiger partial charge in [0, 0.05) is 20.2 Å². The fourth-order valence-electron chi connectivity index (χ4n) is 2.18. The Hall–Kier alpha value is -1.31. The molecule has 1 aliphatic heterocycles. The van der Waals surface area contributed by atoms with Crippen LogP contribution in [-0.4, -0.2) is 40.3 Å². The first-order chi connectivity index (χ1) is 9.06. The van der Waals surface area contributed by atoms with E-state index in [9.17, 15) is 13.5 Å². The van der Waals surface area contributed by atoms with Gasteiger partial charge in [0.15, 0.2) is 0 Å². The summed E-state index contributed by atoms with van der Waals surface area (Å²) in [6.45, 7) is 0.881. The first-order valence-electron chi connectivity index (χ1n) is 6.13. The molecule has 0 atom stereocenters. The Morgan fingerprint density at radius 1 is 1.47 bits per heavy atom. The Morgan fingerprint density at radius 3 is 3.00 bits per heavy atom. The molecule has 0 spiro atoms. The van der Waals surface area contributed by atoms with E-state index in [4.69, 9.17) is 4.74 Å². The summed E-state index contributed by atoms with van der Waals surface area (Å²) in [6, 6.07) is 5.07. The number of benzene rings is 1. The van der Waals surface area contributed by atoms with Crippen molar-refractivity contribution < 1.29 is 18.3 Å². The summed E-state index contributed by atoms with van der Waals surface area (Å²) in [6.07, 6.45) is 1.51. The van der Waals surface area contributed by atoms with E-state index in [0.29, 0.717) is 18.8 Å². The summed E-state index contributed by atoms with van der Waals surface area (Å²) >= 11 is 0. The van der Waals surface area contributed by atoms with Crippen LogP contribution in [-0.2, 0) is 21.4 Å². The topological polar surface area (TPSA) is 78.9 Å². The Bertz CT molecular complexity index is 545. The standard InChI is InChI=1S/C12H18N2O4S/c1-18-9-7-13-19(16,17)14-8-3-5-10-4-2-6-11(15)12(10)14/h2,4,6,13,15H,3,5,7-9H2,1H3. The maximum Gasteiger partial charge on any atom is 0.301 e. The Morgan fingerprint density at radius 2 is 2.26 bits per heavy atom. The molecule has 1 aliphatic rings. The molecule has 19 heavy (non-hydrogen) atoms. The van der Waals surface area contributed by atoms with Crippen molar-refractivity contribution in [3.8, 4) is 5.75 Å². The van der Waals surface area contributed by atoms with Gasteiger partial charge >= 0.3 is 10.2 Å². The minimum atomic E-state index is -3.65. The van der Waals surface area contributed by atoms with Crippen molar-refractivity contribution in [3.05, 3.63) is 23.8 Å². The molecule has 0 aliphatic carbocycles. The van der Waals surface area contributed by atoms with E-state index in [0.717, 1.165) is 18.4 Å². The van der Waals surface area contributed by atoms with E-state index in [2.05, 4.69) is 4.72 Å². The van der Waals surface area contributed by atoms with Gasteiger partial charge < -0.3 is 9.84 Å². The molecule has 7 heteroatoms. The maximum atomic E-state index is 12.2. The zero-order chi connectivity index (χ0) is 13.9. The van der Waals surface area contributed by atoms with Crippen LogP contribution < -0.4 is 9.03 Å². The number of hydrogen-bond donors (Lipinski definition) is 2. The molecule has 0 aromatic heterocycles. The summed E-state index contributed by atoms with van der Waals surface area (Å²) < 4.78 is 33.0. The number of anilines is 1. The zero-order valence-corrected chi connectivity index (χ0v) is 11.6. The fraction of sp³-hybridized carbons (Fsp3) is 0.500. The highest BCUT2D eigenvalue weighted by Crippen LogP contribution is 2.36. The molecule has 2 rings (SSSR count). The molecule has 0 radical (unpaired) electrons. The van der Waals surface area contributed by atoms with Crippen molar-refractivity contribution in [2.24, 2.45) is 0 Å². The zero-order valence-electron chi connectivity index (χ0n) is 10.8. The van der Waals surface area contributed by atoms with Gasteiger partial charge in [0.1, 0.15) is 5.75 Å². The highest BCUT2D eigenvalue weighted by atomic mass is 32.2. The SMILES string of the molecule is COCCNS(=O)(=O)N1CCCc2cccc(O)c21. The number of fused-ring (bicyclic) bond motifs is 1. The van der Waals surface area contributed by atoms with Crippen LogP contribution in [0.4, 0.5) is 5.69 Å². The number of aromatic hydroxyl groups is 1. The van der Waals surface area contributed by atoms with Crippen molar-refractivity contribution in [3.63, 3.8) is 0 Å². The number of ether oxygens (including phenoxy) is 1. The molecule has 1 aromatic carbocycles. The predicted molar refractivity (Wildman–Crippen MR) is 72.6 cm³/mol. The average molecular weight is 286 g/mol. The van der Waals surface area contributed by atoms with Gasteiger partial charge in [-0.15, -0.1) is 0 Å².